The fourth-order valence-corrected chi connectivity index (χ4v) is 7.90. The molecular formula is C24H37N3O4. The Bertz CT molecular complexity index is 777. The Balaban J connectivity index is 1.43. The van der Waals surface area contributed by atoms with Gasteiger partial charge >= 0.3 is 0 Å². The average molecular weight is 432 g/mol. The van der Waals surface area contributed by atoms with E-state index >= 15 is 0 Å². The minimum absolute atomic E-state index is 0.137. The van der Waals surface area contributed by atoms with Gasteiger partial charge in [-0.25, -0.2) is 0 Å². The number of carbonyl (C=O) groups excluding carboxylic acids is 1. The standard InChI is InChI=1S/C24H37N3O4/c1-23-8-6-19-17(18(23)3-4-22(23)29)12-21(27-30-2)20-11-15(5-9-24(19,20)14-28)26-31-16-7-10-25-13-16/h16-20,25,28H,3-14H2,1-2H3/t16?,17?,18?,19?,20?,23-,24-/m0/s1. The molecule has 5 rings (SSSR count). The third-order valence-electron chi connectivity index (χ3n) is 9.59. The number of nitrogens with zero attached hydrogens (tertiary/aromatic N) is 2. The van der Waals surface area contributed by atoms with Crippen molar-refractivity contribution in [3.05, 3.63) is 0 Å². The molecule has 0 aromatic rings. The summed E-state index contributed by atoms with van der Waals surface area (Å²) >= 11 is 0. The summed E-state index contributed by atoms with van der Waals surface area (Å²) in [7, 11) is 1.61. The first-order chi connectivity index (χ1) is 15.0. The molecule has 31 heavy (non-hydrogen) atoms. The summed E-state index contributed by atoms with van der Waals surface area (Å²) in [5.41, 5.74) is 1.75. The SMILES string of the molecule is CON=C1CC2C(CC[C@]3(C)C(=O)CCC23)[C@@]2(CO)CCC(=NOC3CCNC3)CC12. The predicted octanol–water partition coefficient (Wildman–Crippen LogP) is 2.92. The van der Waals surface area contributed by atoms with Crippen LogP contribution in [-0.4, -0.2) is 55.2 Å². The van der Waals surface area contributed by atoms with Crippen LogP contribution in [0.5, 0.6) is 0 Å². The van der Waals surface area contributed by atoms with Crippen molar-refractivity contribution in [1.82, 2.24) is 5.32 Å². The molecule has 0 bridgehead atoms. The molecule has 4 saturated carbocycles. The molecule has 4 aliphatic carbocycles. The van der Waals surface area contributed by atoms with Crippen LogP contribution in [0.25, 0.3) is 0 Å². The second kappa shape index (κ2) is 8.14. The van der Waals surface area contributed by atoms with Crippen LogP contribution in [0.3, 0.4) is 0 Å². The lowest BCUT2D eigenvalue weighted by molar-refractivity contribution is -0.135. The van der Waals surface area contributed by atoms with Gasteiger partial charge in [0.05, 0.1) is 11.4 Å². The Morgan fingerprint density at radius 3 is 2.74 bits per heavy atom. The Kier molecular flexibility index (Phi) is 5.62. The van der Waals surface area contributed by atoms with Crippen molar-refractivity contribution < 1.29 is 19.6 Å². The summed E-state index contributed by atoms with van der Waals surface area (Å²) in [4.78, 5) is 23.9. The first-order valence-electron chi connectivity index (χ1n) is 12.2. The van der Waals surface area contributed by atoms with Crippen molar-refractivity contribution in [2.75, 3.05) is 26.8 Å². The summed E-state index contributed by atoms with van der Waals surface area (Å²) in [6.45, 7) is 4.20. The van der Waals surface area contributed by atoms with Crippen LogP contribution in [0.4, 0.5) is 0 Å². The molecule has 0 radical (unpaired) electrons. The fraction of sp³-hybridized carbons (Fsp3) is 0.875. The summed E-state index contributed by atoms with van der Waals surface area (Å²) in [5.74, 6) is 1.82. The lowest BCUT2D eigenvalue weighted by Gasteiger charge is -2.60. The quantitative estimate of drug-likeness (QED) is 0.668. The number of nitrogens with one attached hydrogen (secondary N) is 1. The van der Waals surface area contributed by atoms with Crippen molar-refractivity contribution in [1.29, 1.82) is 0 Å². The molecule has 2 N–H and O–H groups in total. The molecule has 1 saturated heterocycles. The molecule has 5 fully saturated rings. The van der Waals surface area contributed by atoms with E-state index in [0.717, 1.165) is 75.9 Å². The van der Waals surface area contributed by atoms with E-state index < -0.39 is 0 Å². The Morgan fingerprint density at radius 1 is 1.13 bits per heavy atom. The van der Waals surface area contributed by atoms with Crippen molar-refractivity contribution in [2.45, 2.75) is 70.8 Å². The summed E-state index contributed by atoms with van der Waals surface area (Å²) in [5, 5.41) is 23.2. The maximum absolute atomic E-state index is 12.7. The van der Waals surface area contributed by atoms with Crippen LogP contribution in [0.15, 0.2) is 10.3 Å². The van der Waals surface area contributed by atoms with Gasteiger partial charge in [-0.15, -0.1) is 0 Å². The zero-order valence-electron chi connectivity index (χ0n) is 18.9. The van der Waals surface area contributed by atoms with Gasteiger partial charge in [0.1, 0.15) is 19.0 Å². The first-order valence-corrected chi connectivity index (χ1v) is 12.2. The summed E-state index contributed by atoms with van der Waals surface area (Å²) in [6, 6.07) is 0. The summed E-state index contributed by atoms with van der Waals surface area (Å²) in [6.07, 6.45) is 8.27. The smallest absolute Gasteiger partial charge is 0.141 e. The molecule has 5 unspecified atom stereocenters. The molecule has 5 aliphatic rings. The van der Waals surface area contributed by atoms with E-state index in [9.17, 15) is 9.90 Å². The van der Waals surface area contributed by atoms with E-state index in [0.29, 0.717) is 30.0 Å². The molecule has 1 aliphatic heterocycles. The van der Waals surface area contributed by atoms with Crippen LogP contribution in [0, 0.1) is 34.5 Å². The van der Waals surface area contributed by atoms with Gasteiger partial charge in [-0.05, 0) is 69.2 Å². The highest BCUT2D eigenvalue weighted by Crippen LogP contribution is 2.64. The zero-order valence-corrected chi connectivity index (χ0v) is 18.9. The maximum Gasteiger partial charge on any atom is 0.141 e. The van der Waals surface area contributed by atoms with Crippen molar-refractivity contribution in [2.24, 2.45) is 44.8 Å². The van der Waals surface area contributed by atoms with Gasteiger partial charge in [0.2, 0.25) is 0 Å². The molecular weight excluding hydrogens is 394 g/mol. The van der Waals surface area contributed by atoms with Gasteiger partial charge in [0.15, 0.2) is 0 Å². The van der Waals surface area contributed by atoms with Crippen LogP contribution >= 0.6 is 0 Å². The first kappa shape index (κ1) is 21.4. The number of aliphatic hydroxyl groups excluding tert-OH is 1. The fourth-order valence-electron chi connectivity index (χ4n) is 7.90. The van der Waals surface area contributed by atoms with E-state index in [-0.39, 0.29) is 29.5 Å². The Hall–Kier alpha value is -1.47. The third-order valence-corrected chi connectivity index (χ3v) is 9.59. The topological polar surface area (TPSA) is 92.5 Å². The lowest BCUT2D eigenvalue weighted by Crippen LogP contribution is -2.59. The molecule has 7 nitrogen and oxygen atoms in total. The largest absolute Gasteiger partial charge is 0.399 e. The second-order valence-corrected chi connectivity index (χ2v) is 10.8. The van der Waals surface area contributed by atoms with E-state index in [2.05, 4.69) is 22.6 Å². The van der Waals surface area contributed by atoms with E-state index in [1.807, 2.05) is 0 Å². The molecule has 0 aromatic carbocycles. The number of hydrogen-bond acceptors (Lipinski definition) is 7. The molecule has 0 spiro atoms. The van der Waals surface area contributed by atoms with Gasteiger partial charge in [-0.1, -0.05) is 17.2 Å². The van der Waals surface area contributed by atoms with E-state index in [4.69, 9.17) is 9.68 Å². The Labute approximate surface area is 185 Å². The van der Waals surface area contributed by atoms with Crippen LogP contribution < -0.4 is 5.32 Å². The lowest BCUT2D eigenvalue weighted by atomic mass is 9.44. The normalized spacial score (nSPS) is 47.2. The van der Waals surface area contributed by atoms with Gasteiger partial charge in [0, 0.05) is 42.7 Å². The highest BCUT2D eigenvalue weighted by Gasteiger charge is 2.63. The predicted molar refractivity (Wildman–Crippen MR) is 118 cm³/mol. The minimum atomic E-state index is -0.193. The molecule has 172 valence electrons. The van der Waals surface area contributed by atoms with Crippen molar-refractivity contribution >= 4 is 17.2 Å². The van der Waals surface area contributed by atoms with Gasteiger partial charge in [-0.3, -0.25) is 4.79 Å². The van der Waals surface area contributed by atoms with E-state index in [1.54, 1.807) is 7.11 Å². The summed E-state index contributed by atoms with van der Waals surface area (Å²) < 4.78 is 0. The monoisotopic (exact) mass is 431 g/mol. The van der Waals surface area contributed by atoms with Crippen molar-refractivity contribution in [3.8, 4) is 0 Å². The number of hydrogen-bond donors (Lipinski definition) is 2. The second-order valence-electron chi connectivity index (χ2n) is 10.8. The molecule has 7 atom stereocenters. The van der Waals surface area contributed by atoms with Gasteiger partial charge < -0.3 is 20.1 Å². The highest BCUT2D eigenvalue weighted by molar-refractivity contribution is 5.96. The highest BCUT2D eigenvalue weighted by atomic mass is 16.6. The van der Waals surface area contributed by atoms with Gasteiger partial charge in [0.25, 0.3) is 0 Å². The molecule has 7 heteroatoms. The third kappa shape index (κ3) is 3.34. The average Bonchev–Trinajstić information content (AvgIpc) is 3.40. The molecule has 0 aromatic heterocycles. The zero-order chi connectivity index (χ0) is 21.6. The number of fused-ring (bicyclic) bond motifs is 5. The molecule has 0 amide bonds. The van der Waals surface area contributed by atoms with Crippen LogP contribution in [0.1, 0.15) is 64.7 Å². The Morgan fingerprint density at radius 2 is 2.00 bits per heavy atom. The van der Waals surface area contributed by atoms with E-state index in [1.165, 1.54) is 0 Å². The number of aliphatic hydroxyl groups is 1. The van der Waals surface area contributed by atoms with Crippen molar-refractivity contribution in [3.63, 3.8) is 0 Å². The number of Topliss-reactive ketones (excluding diaryl/α,β-unsaturated/α-hetero) is 1. The van der Waals surface area contributed by atoms with Crippen LogP contribution in [0.2, 0.25) is 0 Å². The number of ketones is 1. The molecule has 1 heterocycles. The number of rotatable bonds is 4. The maximum atomic E-state index is 12.7. The number of carbonyl (C=O) groups is 1. The van der Waals surface area contributed by atoms with Crippen LogP contribution in [-0.2, 0) is 14.5 Å². The number of oxime groups is 2. The van der Waals surface area contributed by atoms with Gasteiger partial charge in [-0.2, -0.15) is 0 Å². The minimum Gasteiger partial charge on any atom is -0.399 e.